The van der Waals surface area contributed by atoms with E-state index in [0.717, 1.165) is 0 Å². The highest BCUT2D eigenvalue weighted by Gasteiger charge is 2.30. The highest BCUT2D eigenvalue weighted by atomic mass is 14.3. The van der Waals surface area contributed by atoms with E-state index in [9.17, 15) is 0 Å². The van der Waals surface area contributed by atoms with Crippen LogP contribution in [0.3, 0.4) is 0 Å². The lowest BCUT2D eigenvalue weighted by Crippen LogP contribution is -2.00. The van der Waals surface area contributed by atoms with E-state index in [-0.39, 0.29) is 0 Å². The number of hydrogen-bond donors (Lipinski definition) is 0. The molecule has 1 unspecified atom stereocenters. The van der Waals surface area contributed by atoms with Crippen molar-refractivity contribution in [2.75, 3.05) is 0 Å². The van der Waals surface area contributed by atoms with Gasteiger partial charge in [-0.15, -0.1) is 0 Å². The maximum absolute atomic E-state index is 2.27. The van der Waals surface area contributed by atoms with E-state index in [4.69, 9.17) is 0 Å². The third kappa shape index (κ3) is 1.55. The van der Waals surface area contributed by atoms with Crippen LogP contribution in [-0.2, 0) is 0 Å². The normalized spacial score (nSPS) is 15.8. The third-order valence-electron chi connectivity index (χ3n) is 4.31. The van der Waals surface area contributed by atoms with E-state index in [0.29, 0.717) is 5.92 Å². The van der Waals surface area contributed by atoms with E-state index in [2.05, 4.69) is 79.7 Å². The average Bonchev–Trinajstić information content (AvgIpc) is 2.84. The zero-order valence-corrected chi connectivity index (χ0v) is 11.5. The summed E-state index contributed by atoms with van der Waals surface area (Å²) in [6.07, 6.45) is 0. The molecule has 0 heteroatoms. The lowest BCUT2D eigenvalue weighted by atomic mass is 9.87. The van der Waals surface area contributed by atoms with Crippen LogP contribution in [0.1, 0.15) is 28.2 Å². The van der Waals surface area contributed by atoms with Gasteiger partial charge in [0.15, 0.2) is 0 Å². The molecule has 0 fully saturated rings. The van der Waals surface area contributed by atoms with Gasteiger partial charge in [-0.3, -0.25) is 0 Å². The zero-order chi connectivity index (χ0) is 13.5. The Bertz CT molecular complexity index is 769. The lowest BCUT2D eigenvalue weighted by molar-refractivity contribution is 1.000. The summed E-state index contributed by atoms with van der Waals surface area (Å²) in [6.45, 7) is 2.22. The van der Waals surface area contributed by atoms with E-state index in [1.807, 2.05) is 0 Å². The Kier molecular flexibility index (Phi) is 2.50. The van der Waals surface area contributed by atoms with Crippen LogP contribution in [-0.4, -0.2) is 0 Å². The monoisotopic (exact) mass is 256 g/mol. The van der Waals surface area contributed by atoms with Crippen LogP contribution in [0.25, 0.3) is 11.1 Å². The van der Waals surface area contributed by atoms with Crippen LogP contribution < -0.4 is 0 Å². The smallest absolute Gasteiger partial charge is 0.0354 e. The fourth-order valence-corrected chi connectivity index (χ4v) is 3.44. The summed E-state index contributed by atoms with van der Waals surface area (Å²) >= 11 is 0. The fourth-order valence-electron chi connectivity index (χ4n) is 3.44. The first-order valence-electron chi connectivity index (χ1n) is 7.10. The topological polar surface area (TPSA) is 0 Å². The molecular weight excluding hydrogens is 240 g/mol. The third-order valence-corrected chi connectivity index (χ3v) is 4.31. The van der Waals surface area contributed by atoms with Crippen LogP contribution in [0.15, 0.2) is 72.8 Å². The molecule has 1 aliphatic rings. The molecule has 0 nitrogen and oxygen atoms in total. The van der Waals surface area contributed by atoms with Gasteiger partial charge >= 0.3 is 0 Å². The molecule has 3 aromatic rings. The second-order valence-electron chi connectivity index (χ2n) is 5.47. The van der Waals surface area contributed by atoms with Crippen molar-refractivity contribution in [3.05, 3.63) is 95.1 Å². The van der Waals surface area contributed by atoms with Gasteiger partial charge in [0.2, 0.25) is 0 Å². The first-order chi connectivity index (χ1) is 9.86. The van der Waals surface area contributed by atoms with Crippen LogP contribution in [0.4, 0.5) is 0 Å². The minimum absolute atomic E-state index is 0.378. The van der Waals surface area contributed by atoms with Gasteiger partial charge in [-0.05, 0) is 40.3 Å². The molecule has 1 aliphatic carbocycles. The van der Waals surface area contributed by atoms with Gasteiger partial charge in [0.25, 0.3) is 0 Å². The molecule has 3 aromatic carbocycles. The second kappa shape index (κ2) is 4.35. The molecule has 4 rings (SSSR count). The highest BCUT2D eigenvalue weighted by Crippen LogP contribution is 2.48. The van der Waals surface area contributed by atoms with Gasteiger partial charge in [-0.2, -0.15) is 0 Å². The lowest BCUT2D eigenvalue weighted by Gasteiger charge is -2.16. The quantitative estimate of drug-likeness (QED) is 0.441. The van der Waals surface area contributed by atoms with Gasteiger partial charge in [-0.1, -0.05) is 72.8 Å². The van der Waals surface area contributed by atoms with E-state index in [1.165, 1.54) is 33.4 Å². The van der Waals surface area contributed by atoms with Gasteiger partial charge in [0.1, 0.15) is 0 Å². The molecule has 0 heterocycles. The van der Waals surface area contributed by atoms with Crippen molar-refractivity contribution < 1.29 is 0 Å². The summed E-state index contributed by atoms with van der Waals surface area (Å²) < 4.78 is 0. The molecule has 0 bridgehead atoms. The molecular formula is C20H16. The predicted octanol–water partition coefficient (Wildman–Crippen LogP) is 5.16. The Morgan fingerprint density at radius 2 is 1.35 bits per heavy atom. The number of hydrogen-bond acceptors (Lipinski definition) is 0. The Balaban J connectivity index is 2.05. The Labute approximate surface area is 119 Å². The molecule has 0 saturated heterocycles. The predicted molar refractivity (Wildman–Crippen MR) is 84.0 cm³/mol. The van der Waals surface area contributed by atoms with E-state index >= 15 is 0 Å². The van der Waals surface area contributed by atoms with Crippen molar-refractivity contribution in [2.45, 2.75) is 12.8 Å². The van der Waals surface area contributed by atoms with Crippen molar-refractivity contribution in [1.29, 1.82) is 0 Å². The Hall–Kier alpha value is -2.34. The summed E-state index contributed by atoms with van der Waals surface area (Å²) in [6, 6.07) is 26.3. The summed E-state index contributed by atoms with van der Waals surface area (Å²) in [5.74, 6) is 0.378. The number of rotatable bonds is 1. The van der Waals surface area contributed by atoms with E-state index in [1.54, 1.807) is 0 Å². The van der Waals surface area contributed by atoms with Gasteiger partial charge in [0.05, 0.1) is 0 Å². The minimum Gasteiger partial charge on any atom is -0.0622 e. The maximum atomic E-state index is 2.27. The number of aryl methyl sites for hydroxylation is 1. The molecule has 0 N–H and O–H groups in total. The van der Waals surface area contributed by atoms with Crippen LogP contribution in [0.5, 0.6) is 0 Å². The fraction of sp³-hybridized carbons (Fsp3) is 0.100. The van der Waals surface area contributed by atoms with Crippen molar-refractivity contribution in [3.8, 4) is 11.1 Å². The Morgan fingerprint density at radius 3 is 2.20 bits per heavy atom. The SMILES string of the molecule is Cc1cccc2c1C(c1ccccc1)c1ccccc1-2. The molecule has 0 aliphatic heterocycles. The molecule has 0 aromatic heterocycles. The summed E-state index contributed by atoms with van der Waals surface area (Å²) in [7, 11) is 0. The molecule has 20 heavy (non-hydrogen) atoms. The van der Waals surface area contributed by atoms with Crippen molar-refractivity contribution in [2.24, 2.45) is 0 Å². The summed E-state index contributed by atoms with van der Waals surface area (Å²) in [5.41, 5.74) is 8.46. The van der Waals surface area contributed by atoms with Crippen molar-refractivity contribution in [3.63, 3.8) is 0 Å². The largest absolute Gasteiger partial charge is 0.0622 e. The first kappa shape index (κ1) is 11.5. The second-order valence-corrected chi connectivity index (χ2v) is 5.47. The van der Waals surface area contributed by atoms with Gasteiger partial charge in [-0.25, -0.2) is 0 Å². The maximum Gasteiger partial charge on any atom is 0.0354 e. The Morgan fingerprint density at radius 1 is 0.650 bits per heavy atom. The van der Waals surface area contributed by atoms with Gasteiger partial charge in [0, 0.05) is 5.92 Å². The molecule has 0 radical (unpaired) electrons. The van der Waals surface area contributed by atoms with Crippen LogP contribution in [0.2, 0.25) is 0 Å². The molecule has 1 atom stereocenters. The van der Waals surface area contributed by atoms with Crippen LogP contribution >= 0.6 is 0 Å². The molecule has 0 saturated carbocycles. The highest BCUT2D eigenvalue weighted by molar-refractivity contribution is 5.81. The number of fused-ring (bicyclic) bond motifs is 3. The number of benzene rings is 3. The standard InChI is InChI=1S/C20H16/c1-14-8-7-13-17-16-11-5-6-12-18(16)20(19(14)17)15-9-3-2-4-10-15/h2-13,20H,1H3. The van der Waals surface area contributed by atoms with Crippen LogP contribution in [0, 0.1) is 6.92 Å². The van der Waals surface area contributed by atoms with Gasteiger partial charge < -0.3 is 0 Å². The first-order valence-corrected chi connectivity index (χ1v) is 7.10. The molecule has 96 valence electrons. The summed E-state index contributed by atoms with van der Waals surface area (Å²) in [4.78, 5) is 0. The van der Waals surface area contributed by atoms with Crippen molar-refractivity contribution >= 4 is 0 Å². The molecule has 0 amide bonds. The average molecular weight is 256 g/mol. The molecule has 0 spiro atoms. The summed E-state index contributed by atoms with van der Waals surface area (Å²) in [5, 5.41) is 0. The zero-order valence-electron chi connectivity index (χ0n) is 11.5. The minimum atomic E-state index is 0.378. The van der Waals surface area contributed by atoms with Crippen molar-refractivity contribution in [1.82, 2.24) is 0 Å². The van der Waals surface area contributed by atoms with E-state index < -0.39 is 0 Å².